The number of hydrogen-bond acceptors (Lipinski definition) is 4. The first kappa shape index (κ1) is 16.5. The van der Waals surface area contributed by atoms with Crippen LogP contribution in [0.2, 0.25) is 0 Å². The highest BCUT2D eigenvalue weighted by molar-refractivity contribution is 5.94. The number of rotatable bonds is 5. The molecule has 0 fully saturated rings. The Morgan fingerprint density at radius 2 is 2.00 bits per heavy atom. The van der Waals surface area contributed by atoms with Gasteiger partial charge in [-0.15, -0.1) is 0 Å². The normalized spacial score (nSPS) is 14.1. The largest absolute Gasteiger partial charge is 0.363 e. The molecule has 0 unspecified atom stereocenters. The summed E-state index contributed by atoms with van der Waals surface area (Å²) in [6.45, 7) is 3.52. The Labute approximate surface area is 143 Å². The van der Waals surface area contributed by atoms with E-state index in [1.54, 1.807) is 6.20 Å². The van der Waals surface area contributed by atoms with Crippen LogP contribution in [0.5, 0.6) is 0 Å². The van der Waals surface area contributed by atoms with Gasteiger partial charge in [0.25, 0.3) is 5.91 Å². The average molecular weight is 324 g/mol. The molecule has 0 spiro atoms. The third-order valence-corrected chi connectivity index (χ3v) is 4.39. The molecule has 1 aliphatic heterocycles. The van der Waals surface area contributed by atoms with Crippen LogP contribution in [0.25, 0.3) is 0 Å². The maximum atomic E-state index is 12.2. The lowest BCUT2D eigenvalue weighted by Gasteiger charge is -2.28. The molecule has 1 aliphatic rings. The number of aromatic nitrogens is 1. The lowest BCUT2D eigenvalue weighted by molar-refractivity contribution is 0.0947. The molecular formula is C19H24N4O. The zero-order valence-electron chi connectivity index (χ0n) is 14.3. The second-order valence-corrected chi connectivity index (χ2v) is 6.35. The van der Waals surface area contributed by atoms with Gasteiger partial charge in [-0.1, -0.05) is 24.3 Å². The molecule has 2 aromatic rings. The van der Waals surface area contributed by atoms with Gasteiger partial charge in [0.15, 0.2) is 0 Å². The van der Waals surface area contributed by atoms with Gasteiger partial charge in [-0.2, -0.15) is 0 Å². The first-order valence-corrected chi connectivity index (χ1v) is 8.34. The number of amides is 1. The molecule has 0 aliphatic carbocycles. The maximum absolute atomic E-state index is 12.2. The van der Waals surface area contributed by atoms with Gasteiger partial charge < -0.3 is 10.2 Å². The molecule has 0 radical (unpaired) electrons. The summed E-state index contributed by atoms with van der Waals surface area (Å²) in [6, 6.07) is 12.3. The molecule has 1 amide bonds. The number of benzene rings is 1. The molecular weight excluding hydrogens is 300 g/mol. The quantitative estimate of drug-likeness (QED) is 0.913. The van der Waals surface area contributed by atoms with Crippen LogP contribution in [-0.4, -0.2) is 49.5 Å². The van der Waals surface area contributed by atoms with E-state index in [9.17, 15) is 4.79 Å². The topological polar surface area (TPSA) is 48.5 Å². The molecule has 1 aromatic heterocycles. The molecule has 5 nitrogen and oxygen atoms in total. The van der Waals surface area contributed by atoms with Crippen LogP contribution in [0.1, 0.15) is 21.5 Å². The van der Waals surface area contributed by atoms with Gasteiger partial charge >= 0.3 is 0 Å². The summed E-state index contributed by atoms with van der Waals surface area (Å²) >= 11 is 0. The molecule has 24 heavy (non-hydrogen) atoms. The number of carbonyl (C=O) groups is 1. The fourth-order valence-electron chi connectivity index (χ4n) is 2.96. The van der Waals surface area contributed by atoms with Crippen molar-refractivity contribution in [2.45, 2.75) is 13.0 Å². The van der Waals surface area contributed by atoms with Crippen LogP contribution in [0.15, 0.2) is 42.6 Å². The fourth-order valence-corrected chi connectivity index (χ4v) is 2.96. The highest BCUT2D eigenvalue weighted by Crippen LogP contribution is 2.17. The van der Waals surface area contributed by atoms with Gasteiger partial charge in [-0.3, -0.25) is 9.69 Å². The second kappa shape index (κ2) is 7.45. The van der Waals surface area contributed by atoms with Crippen molar-refractivity contribution in [1.82, 2.24) is 15.2 Å². The van der Waals surface area contributed by atoms with Crippen LogP contribution in [0.3, 0.4) is 0 Å². The summed E-state index contributed by atoms with van der Waals surface area (Å²) in [5, 5.41) is 2.98. The SMILES string of the molecule is CN(C)c1ccc(C(=O)NCCN2CCc3ccccc3C2)cn1. The van der Waals surface area contributed by atoms with E-state index in [1.807, 2.05) is 31.1 Å². The molecule has 1 N–H and O–H groups in total. The number of hydrogen-bond donors (Lipinski definition) is 1. The van der Waals surface area contributed by atoms with Gasteiger partial charge in [0.1, 0.15) is 5.82 Å². The third kappa shape index (κ3) is 3.92. The highest BCUT2D eigenvalue weighted by atomic mass is 16.1. The molecule has 5 heteroatoms. The summed E-state index contributed by atoms with van der Waals surface area (Å²) in [5.41, 5.74) is 3.45. The Kier molecular flexibility index (Phi) is 5.11. The van der Waals surface area contributed by atoms with Crippen molar-refractivity contribution in [3.8, 4) is 0 Å². The summed E-state index contributed by atoms with van der Waals surface area (Å²) in [5.74, 6) is 0.781. The molecule has 0 atom stereocenters. The monoisotopic (exact) mass is 324 g/mol. The van der Waals surface area contributed by atoms with Crippen LogP contribution < -0.4 is 10.2 Å². The number of nitrogens with zero attached hydrogens (tertiary/aromatic N) is 3. The maximum Gasteiger partial charge on any atom is 0.252 e. The predicted octanol–water partition coefficient (Wildman–Crippen LogP) is 1.94. The minimum absolute atomic E-state index is 0.0646. The zero-order chi connectivity index (χ0) is 16.9. The number of pyridine rings is 1. The Balaban J connectivity index is 1.47. The minimum atomic E-state index is -0.0646. The van der Waals surface area contributed by atoms with Gasteiger partial charge in [0, 0.05) is 46.5 Å². The first-order valence-electron chi connectivity index (χ1n) is 8.34. The van der Waals surface area contributed by atoms with E-state index >= 15 is 0 Å². The summed E-state index contributed by atoms with van der Waals surface area (Å²) in [6.07, 6.45) is 2.71. The Bertz CT molecular complexity index is 697. The lowest BCUT2D eigenvalue weighted by Crippen LogP contribution is -2.37. The van der Waals surface area contributed by atoms with Crippen molar-refractivity contribution >= 4 is 11.7 Å². The smallest absolute Gasteiger partial charge is 0.252 e. The van der Waals surface area contributed by atoms with E-state index < -0.39 is 0 Å². The zero-order valence-corrected chi connectivity index (χ0v) is 14.3. The van der Waals surface area contributed by atoms with E-state index in [2.05, 4.69) is 39.5 Å². The Morgan fingerprint density at radius 1 is 1.21 bits per heavy atom. The van der Waals surface area contributed by atoms with Crippen molar-refractivity contribution in [2.75, 3.05) is 38.6 Å². The minimum Gasteiger partial charge on any atom is -0.363 e. The van der Waals surface area contributed by atoms with E-state index in [-0.39, 0.29) is 5.91 Å². The molecule has 0 saturated heterocycles. The lowest BCUT2D eigenvalue weighted by atomic mass is 10.00. The van der Waals surface area contributed by atoms with Crippen molar-refractivity contribution in [1.29, 1.82) is 0 Å². The molecule has 0 saturated carbocycles. The van der Waals surface area contributed by atoms with Gasteiger partial charge in [0.2, 0.25) is 0 Å². The van der Waals surface area contributed by atoms with Crippen molar-refractivity contribution in [3.63, 3.8) is 0 Å². The summed E-state index contributed by atoms with van der Waals surface area (Å²) in [7, 11) is 3.86. The molecule has 126 valence electrons. The molecule has 0 bridgehead atoms. The van der Waals surface area contributed by atoms with E-state index in [0.29, 0.717) is 12.1 Å². The number of carbonyl (C=O) groups excluding carboxylic acids is 1. The molecule has 3 rings (SSSR count). The number of anilines is 1. The van der Waals surface area contributed by atoms with Crippen LogP contribution in [0, 0.1) is 0 Å². The Hall–Kier alpha value is -2.40. The van der Waals surface area contributed by atoms with E-state index in [1.165, 1.54) is 11.1 Å². The molecule has 1 aromatic carbocycles. The van der Waals surface area contributed by atoms with Crippen molar-refractivity contribution < 1.29 is 4.79 Å². The van der Waals surface area contributed by atoms with E-state index in [4.69, 9.17) is 0 Å². The van der Waals surface area contributed by atoms with Crippen LogP contribution in [-0.2, 0) is 13.0 Å². The number of nitrogens with one attached hydrogen (secondary N) is 1. The summed E-state index contributed by atoms with van der Waals surface area (Å²) in [4.78, 5) is 20.8. The summed E-state index contributed by atoms with van der Waals surface area (Å²) < 4.78 is 0. The van der Waals surface area contributed by atoms with Gasteiger partial charge in [-0.25, -0.2) is 4.98 Å². The predicted molar refractivity (Wildman–Crippen MR) is 96.3 cm³/mol. The average Bonchev–Trinajstić information content (AvgIpc) is 2.61. The Morgan fingerprint density at radius 3 is 2.71 bits per heavy atom. The number of fused-ring (bicyclic) bond motifs is 1. The van der Waals surface area contributed by atoms with Gasteiger partial charge in [-0.05, 0) is 29.7 Å². The highest BCUT2D eigenvalue weighted by Gasteiger charge is 2.15. The van der Waals surface area contributed by atoms with E-state index in [0.717, 1.165) is 31.9 Å². The fraction of sp³-hybridized carbons (Fsp3) is 0.368. The standard InChI is InChI=1S/C19H24N4O/c1-22(2)18-8-7-16(13-21-18)19(24)20-10-12-23-11-9-15-5-3-4-6-17(15)14-23/h3-8,13H,9-12,14H2,1-2H3,(H,20,24). The van der Waals surface area contributed by atoms with Crippen LogP contribution in [0.4, 0.5) is 5.82 Å². The van der Waals surface area contributed by atoms with Crippen molar-refractivity contribution in [2.24, 2.45) is 0 Å². The third-order valence-electron chi connectivity index (χ3n) is 4.39. The first-order chi connectivity index (χ1) is 11.6. The molecule has 2 heterocycles. The van der Waals surface area contributed by atoms with Crippen LogP contribution >= 0.6 is 0 Å². The second-order valence-electron chi connectivity index (χ2n) is 6.35. The van der Waals surface area contributed by atoms with Crippen molar-refractivity contribution in [3.05, 3.63) is 59.3 Å². The van der Waals surface area contributed by atoms with Gasteiger partial charge in [0.05, 0.1) is 5.56 Å².